The van der Waals surface area contributed by atoms with Crippen molar-refractivity contribution in [3.8, 4) is 0 Å². The third-order valence-corrected chi connectivity index (χ3v) is 3.53. The molecule has 1 saturated heterocycles. The number of ether oxygens (including phenoxy) is 1. The molecule has 5 heteroatoms. The Morgan fingerprint density at radius 2 is 1.95 bits per heavy atom. The molecular weight excluding hydrogens is 268 g/mol. The zero-order valence-electron chi connectivity index (χ0n) is 12.0. The van der Waals surface area contributed by atoms with Gasteiger partial charge in [0.1, 0.15) is 0 Å². The van der Waals surface area contributed by atoms with Crippen LogP contribution in [0.4, 0.5) is 4.79 Å². The van der Waals surface area contributed by atoms with Crippen LogP contribution in [-0.4, -0.2) is 36.1 Å². The van der Waals surface area contributed by atoms with Gasteiger partial charge in [-0.1, -0.05) is 36.9 Å². The lowest BCUT2D eigenvalue weighted by Gasteiger charge is -2.33. The number of nitrogens with zero attached hydrogens (tertiary/aromatic N) is 1. The van der Waals surface area contributed by atoms with Crippen LogP contribution in [0.15, 0.2) is 43.0 Å². The summed E-state index contributed by atoms with van der Waals surface area (Å²) in [6.45, 7) is 5.47. The maximum absolute atomic E-state index is 12.2. The number of rotatable bonds is 4. The predicted molar refractivity (Wildman–Crippen MR) is 79.6 cm³/mol. The van der Waals surface area contributed by atoms with Gasteiger partial charge in [0.15, 0.2) is 0 Å². The molecule has 2 rings (SSSR count). The Labute approximate surface area is 124 Å². The molecule has 0 bridgehead atoms. The van der Waals surface area contributed by atoms with Crippen LogP contribution >= 0.6 is 0 Å². The summed E-state index contributed by atoms with van der Waals surface area (Å²) >= 11 is 0. The molecular formula is C16H20N2O3. The van der Waals surface area contributed by atoms with E-state index in [1.165, 1.54) is 0 Å². The van der Waals surface area contributed by atoms with E-state index in [1.807, 2.05) is 30.3 Å². The van der Waals surface area contributed by atoms with E-state index in [1.54, 1.807) is 4.90 Å². The van der Waals surface area contributed by atoms with Crippen LogP contribution in [0.3, 0.4) is 0 Å². The van der Waals surface area contributed by atoms with Crippen LogP contribution in [0.5, 0.6) is 0 Å². The Morgan fingerprint density at radius 1 is 1.29 bits per heavy atom. The van der Waals surface area contributed by atoms with E-state index in [9.17, 15) is 9.59 Å². The van der Waals surface area contributed by atoms with Gasteiger partial charge in [-0.3, -0.25) is 0 Å². The second kappa shape index (κ2) is 7.59. The smallest absolute Gasteiger partial charge is 0.373 e. The molecule has 1 amide bonds. The third kappa shape index (κ3) is 4.43. The van der Waals surface area contributed by atoms with Gasteiger partial charge in [0, 0.05) is 18.7 Å². The second-order valence-corrected chi connectivity index (χ2v) is 4.99. The average Bonchev–Trinajstić information content (AvgIpc) is 2.54. The minimum absolute atomic E-state index is 0.0802. The summed E-state index contributed by atoms with van der Waals surface area (Å²) in [6, 6.07) is 9.77. The number of hydrogen-bond acceptors (Lipinski definition) is 4. The van der Waals surface area contributed by atoms with Gasteiger partial charge in [0.25, 0.3) is 0 Å². The van der Waals surface area contributed by atoms with E-state index in [0.29, 0.717) is 6.54 Å². The molecule has 0 aliphatic carbocycles. The topological polar surface area (TPSA) is 58.6 Å². The summed E-state index contributed by atoms with van der Waals surface area (Å²) in [5, 5.41) is 3.26. The first kappa shape index (κ1) is 15.3. The number of nitrogens with one attached hydrogen (secondary N) is 1. The highest BCUT2D eigenvalue weighted by Gasteiger charge is 2.27. The van der Waals surface area contributed by atoms with Crippen molar-refractivity contribution >= 4 is 12.1 Å². The molecule has 0 aromatic heterocycles. The van der Waals surface area contributed by atoms with Gasteiger partial charge in [0.05, 0.1) is 0 Å². The monoisotopic (exact) mass is 288 g/mol. The SMILES string of the molecule is C=CC(=O)OC(=O)N(Cc1ccccc1)C1CCNCC1. The van der Waals surface area contributed by atoms with Crippen LogP contribution in [0.25, 0.3) is 0 Å². The summed E-state index contributed by atoms with van der Waals surface area (Å²) in [5.74, 6) is -0.716. The lowest BCUT2D eigenvalue weighted by molar-refractivity contribution is -0.133. The lowest BCUT2D eigenvalue weighted by atomic mass is 10.0. The first-order valence-corrected chi connectivity index (χ1v) is 7.10. The number of benzene rings is 1. The quantitative estimate of drug-likeness (QED) is 0.523. The zero-order chi connectivity index (χ0) is 15.1. The lowest BCUT2D eigenvalue weighted by Crippen LogP contribution is -2.46. The molecule has 0 atom stereocenters. The molecule has 112 valence electrons. The highest BCUT2D eigenvalue weighted by Crippen LogP contribution is 2.17. The molecule has 1 heterocycles. The molecule has 0 unspecified atom stereocenters. The molecule has 1 N–H and O–H groups in total. The van der Waals surface area contributed by atoms with E-state index in [-0.39, 0.29) is 6.04 Å². The highest BCUT2D eigenvalue weighted by atomic mass is 16.6. The summed E-state index contributed by atoms with van der Waals surface area (Å²) < 4.78 is 4.80. The Morgan fingerprint density at radius 3 is 2.57 bits per heavy atom. The van der Waals surface area contributed by atoms with Crippen LogP contribution in [0.1, 0.15) is 18.4 Å². The van der Waals surface area contributed by atoms with E-state index in [4.69, 9.17) is 4.74 Å². The predicted octanol–water partition coefficient (Wildman–Crippen LogP) is 2.09. The average molecular weight is 288 g/mol. The Kier molecular flexibility index (Phi) is 5.51. The van der Waals surface area contributed by atoms with E-state index < -0.39 is 12.1 Å². The van der Waals surface area contributed by atoms with E-state index in [0.717, 1.165) is 37.6 Å². The fourth-order valence-corrected chi connectivity index (χ4v) is 2.43. The molecule has 0 saturated carbocycles. The number of carbonyl (C=O) groups is 2. The van der Waals surface area contributed by atoms with E-state index in [2.05, 4.69) is 11.9 Å². The summed E-state index contributed by atoms with van der Waals surface area (Å²) in [7, 11) is 0. The molecule has 1 aliphatic rings. The van der Waals surface area contributed by atoms with Crippen molar-refractivity contribution in [1.29, 1.82) is 0 Å². The minimum Gasteiger partial charge on any atom is -0.373 e. The summed E-state index contributed by atoms with van der Waals surface area (Å²) in [5.41, 5.74) is 1.01. The molecule has 1 aromatic rings. The molecule has 0 radical (unpaired) electrons. The maximum Gasteiger partial charge on any atom is 0.418 e. The minimum atomic E-state index is -0.716. The van der Waals surface area contributed by atoms with Gasteiger partial charge in [-0.2, -0.15) is 0 Å². The standard InChI is InChI=1S/C16H20N2O3/c1-2-15(19)21-16(20)18(14-8-10-17-11-9-14)12-13-6-4-3-5-7-13/h2-7,14,17H,1,8-12H2. The van der Waals surface area contributed by atoms with Gasteiger partial charge in [-0.25, -0.2) is 9.59 Å². The van der Waals surface area contributed by atoms with Crippen molar-refractivity contribution in [2.24, 2.45) is 0 Å². The first-order chi connectivity index (χ1) is 10.2. The van der Waals surface area contributed by atoms with Crippen molar-refractivity contribution in [2.75, 3.05) is 13.1 Å². The van der Waals surface area contributed by atoms with E-state index >= 15 is 0 Å². The Balaban J connectivity index is 2.10. The molecule has 5 nitrogen and oxygen atoms in total. The van der Waals surface area contributed by atoms with Crippen molar-refractivity contribution in [1.82, 2.24) is 10.2 Å². The van der Waals surface area contributed by atoms with Gasteiger partial charge < -0.3 is 15.0 Å². The molecule has 1 aliphatic heterocycles. The van der Waals surface area contributed by atoms with Crippen molar-refractivity contribution < 1.29 is 14.3 Å². The summed E-state index contributed by atoms with van der Waals surface area (Å²) in [4.78, 5) is 25.1. The number of esters is 1. The third-order valence-electron chi connectivity index (χ3n) is 3.53. The second-order valence-electron chi connectivity index (χ2n) is 4.99. The van der Waals surface area contributed by atoms with Gasteiger partial charge in [-0.15, -0.1) is 0 Å². The van der Waals surface area contributed by atoms with Crippen LogP contribution in [0, 0.1) is 0 Å². The zero-order valence-corrected chi connectivity index (χ0v) is 12.0. The number of hydrogen-bond donors (Lipinski definition) is 1. The largest absolute Gasteiger partial charge is 0.418 e. The fraction of sp³-hybridized carbons (Fsp3) is 0.375. The summed E-state index contributed by atoms with van der Waals surface area (Å²) in [6.07, 6.45) is 2.10. The normalized spacial score (nSPS) is 15.2. The number of carbonyl (C=O) groups excluding carboxylic acids is 2. The Bertz CT molecular complexity index is 496. The molecule has 1 fully saturated rings. The van der Waals surface area contributed by atoms with Gasteiger partial charge >= 0.3 is 12.1 Å². The molecule has 21 heavy (non-hydrogen) atoms. The van der Waals surface area contributed by atoms with Crippen LogP contribution in [0.2, 0.25) is 0 Å². The van der Waals surface area contributed by atoms with Gasteiger partial charge in [-0.05, 0) is 31.5 Å². The van der Waals surface area contributed by atoms with Crippen molar-refractivity contribution in [3.05, 3.63) is 48.6 Å². The molecule has 1 aromatic carbocycles. The number of amides is 1. The molecule has 0 spiro atoms. The van der Waals surface area contributed by atoms with Crippen LogP contribution in [-0.2, 0) is 16.1 Å². The maximum atomic E-state index is 12.2. The number of piperidine rings is 1. The Hall–Kier alpha value is -2.14. The van der Waals surface area contributed by atoms with Gasteiger partial charge in [0.2, 0.25) is 0 Å². The van der Waals surface area contributed by atoms with Crippen LogP contribution < -0.4 is 5.32 Å². The van der Waals surface area contributed by atoms with Crippen molar-refractivity contribution in [3.63, 3.8) is 0 Å². The highest BCUT2D eigenvalue weighted by molar-refractivity contribution is 5.91. The van der Waals surface area contributed by atoms with Crippen molar-refractivity contribution in [2.45, 2.75) is 25.4 Å². The fourth-order valence-electron chi connectivity index (χ4n) is 2.43. The first-order valence-electron chi connectivity index (χ1n) is 7.10.